The van der Waals surface area contributed by atoms with Crippen molar-refractivity contribution < 1.29 is 13.9 Å². The Labute approximate surface area is 107 Å². The van der Waals surface area contributed by atoms with E-state index < -0.39 is 5.82 Å². The molecule has 5 heteroatoms. The number of nitrogens with zero attached hydrogens (tertiary/aromatic N) is 1. The average Bonchev–Trinajstić information content (AvgIpc) is 2.31. The minimum atomic E-state index is -0.574. The molecular formula is C12H11BrFNO2. The maximum Gasteiger partial charge on any atom is 0.310 e. The summed E-state index contributed by atoms with van der Waals surface area (Å²) in [6.45, 7) is 2.02. The maximum absolute atomic E-state index is 13.3. The van der Waals surface area contributed by atoms with Crippen LogP contribution in [0.25, 0.3) is 0 Å². The zero-order valence-electron chi connectivity index (χ0n) is 9.30. The number of hydrogen-bond donors (Lipinski definition) is 0. The summed E-state index contributed by atoms with van der Waals surface area (Å²) < 4.78 is 18.2. The van der Waals surface area contributed by atoms with Crippen LogP contribution in [0.3, 0.4) is 0 Å². The topological polar surface area (TPSA) is 50.1 Å². The molecule has 0 saturated carbocycles. The van der Waals surface area contributed by atoms with Gasteiger partial charge in [-0.3, -0.25) is 4.79 Å². The fraction of sp³-hybridized carbons (Fsp3) is 0.333. The number of nitriles is 1. The van der Waals surface area contributed by atoms with Crippen molar-refractivity contribution >= 4 is 21.9 Å². The average molecular weight is 300 g/mol. The van der Waals surface area contributed by atoms with Gasteiger partial charge in [0.15, 0.2) is 0 Å². The summed E-state index contributed by atoms with van der Waals surface area (Å²) >= 11 is 3.22. The minimum Gasteiger partial charge on any atom is -0.466 e. The van der Waals surface area contributed by atoms with E-state index in [1.165, 1.54) is 12.1 Å². The standard InChI is InChI=1S/C12H11BrFNO2/c1-2-17-12(16)5-8-3-10(7-15)11(14)4-9(8)6-13/h3-4H,2,5-6H2,1H3. The van der Waals surface area contributed by atoms with Gasteiger partial charge in [-0.1, -0.05) is 15.9 Å². The Morgan fingerprint density at radius 1 is 1.53 bits per heavy atom. The third-order valence-corrected chi connectivity index (χ3v) is 2.80. The Morgan fingerprint density at radius 3 is 2.76 bits per heavy atom. The summed E-state index contributed by atoms with van der Waals surface area (Å²) in [5, 5.41) is 9.15. The van der Waals surface area contributed by atoms with Gasteiger partial charge in [0.2, 0.25) is 0 Å². The van der Waals surface area contributed by atoms with Gasteiger partial charge in [-0.25, -0.2) is 4.39 Å². The van der Waals surface area contributed by atoms with E-state index in [-0.39, 0.29) is 18.0 Å². The number of rotatable bonds is 4. The van der Waals surface area contributed by atoms with Gasteiger partial charge in [0.1, 0.15) is 11.9 Å². The lowest BCUT2D eigenvalue weighted by Crippen LogP contribution is -2.09. The fourth-order valence-electron chi connectivity index (χ4n) is 1.40. The van der Waals surface area contributed by atoms with Crippen LogP contribution in [0.5, 0.6) is 0 Å². The predicted molar refractivity (Wildman–Crippen MR) is 64.1 cm³/mol. The highest BCUT2D eigenvalue weighted by Gasteiger charge is 2.12. The van der Waals surface area contributed by atoms with Crippen molar-refractivity contribution in [1.82, 2.24) is 0 Å². The summed E-state index contributed by atoms with van der Waals surface area (Å²) in [5.74, 6) is -0.959. The molecule has 0 amide bonds. The Bertz CT molecular complexity index is 468. The van der Waals surface area contributed by atoms with E-state index in [9.17, 15) is 9.18 Å². The Morgan fingerprint density at radius 2 is 2.24 bits per heavy atom. The molecule has 0 N–H and O–H groups in total. The van der Waals surface area contributed by atoms with Gasteiger partial charge in [0.05, 0.1) is 18.6 Å². The maximum atomic E-state index is 13.3. The minimum absolute atomic E-state index is 0.0454. The largest absolute Gasteiger partial charge is 0.466 e. The summed E-state index contributed by atoms with van der Waals surface area (Å²) in [6, 6.07) is 4.41. The molecule has 0 aliphatic carbocycles. The van der Waals surface area contributed by atoms with Crippen LogP contribution in [0.2, 0.25) is 0 Å². The number of carbonyl (C=O) groups is 1. The zero-order chi connectivity index (χ0) is 12.8. The van der Waals surface area contributed by atoms with Crippen molar-refractivity contribution in [2.45, 2.75) is 18.7 Å². The van der Waals surface area contributed by atoms with E-state index in [1.54, 1.807) is 13.0 Å². The van der Waals surface area contributed by atoms with Crippen LogP contribution in [0, 0.1) is 17.1 Å². The lowest BCUT2D eigenvalue weighted by atomic mass is 10.0. The molecule has 0 bridgehead atoms. The van der Waals surface area contributed by atoms with E-state index in [0.29, 0.717) is 23.1 Å². The van der Waals surface area contributed by atoms with E-state index in [2.05, 4.69) is 15.9 Å². The third-order valence-electron chi connectivity index (χ3n) is 2.19. The number of esters is 1. The number of benzene rings is 1. The molecule has 0 spiro atoms. The molecule has 1 aromatic rings. The molecule has 0 aromatic heterocycles. The number of ether oxygens (including phenoxy) is 1. The van der Waals surface area contributed by atoms with Gasteiger partial charge in [-0.15, -0.1) is 0 Å². The van der Waals surface area contributed by atoms with Crippen LogP contribution >= 0.6 is 15.9 Å². The molecule has 1 aromatic carbocycles. The molecule has 0 heterocycles. The summed E-state index contributed by atoms with van der Waals surface area (Å²) in [7, 11) is 0. The third kappa shape index (κ3) is 3.53. The van der Waals surface area contributed by atoms with Gasteiger partial charge in [0.25, 0.3) is 0 Å². The zero-order valence-corrected chi connectivity index (χ0v) is 10.9. The van der Waals surface area contributed by atoms with Gasteiger partial charge in [-0.2, -0.15) is 5.26 Å². The molecule has 0 aliphatic heterocycles. The van der Waals surface area contributed by atoms with Crippen LogP contribution in [-0.2, 0) is 21.3 Å². The van der Waals surface area contributed by atoms with Gasteiger partial charge in [0, 0.05) is 5.33 Å². The lowest BCUT2D eigenvalue weighted by Gasteiger charge is -2.08. The summed E-state index contributed by atoms with van der Waals surface area (Å²) in [5.41, 5.74) is 1.20. The summed E-state index contributed by atoms with van der Waals surface area (Å²) in [6.07, 6.45) is 0.0454. The van der Waals surface area contributed by atoms with Crippen LogP contribution in [-0.4, -0.2) is 12.6 Å². The number of carbonyl (C=O) groups excluding carboxylic acids is 1. The normalized spacial score (nSPS) is 9.76. The molecule has 0 radical (unpaired) electrons. The number of alkyl halides is 1. The highest BCUT2D eigenvalue weighted by atomic mass is 79.9. The second-order valence-electron chi connectivity index (χ2n) is 3.33. The monoisotopic (exact) mass is 299 g/mol. The molecule has 3 nitrogen and oxygen atoms in total. The van der Waals surface area contributed by atoms with Crippen LogP contribution in [0.1, 0.15) is 23.6 Å². The van der Waals surface area contributed by atoms with Crippen molar-refractivity contribution in [3.8, 4) is 6.07 Å². The first-order valence-corrected chi connectivity index (χ1v) is 6.17. The Kier molecular flexibility index (Phi) is 5.11. The fourth-order valence-corrected chi connectivity index (χ4v) is 1.92. The van der Waals surface area contributed by atoms with Crippen molar-refractivity contribution in [2.75, 3.05) is 6.61 Å². The van der Waals surface area contributed by atoms with E-state index in [1.807, 2.05) is 0 Å². The van der Waals surface area contributed by atoms with E-state index in [0.717, 1.165) is 0 Å². The van der Waals surface area contributed by atoms with Crippen molar-refractivity contribution in [1.29, 1.82) is 5.26 Å². The highest BCUT2D eigenvalue weighted by Crippen LogP contribution is 2.19. The molecule has 17 heavy (non-hydrogen) atoms. The number of hydrogen-bond acceptors (Lipinski definition) is 3. The van der Waals surface area contributed by atoms with Crippen molar-refractivity contribution in [2.24, 2.45) is 0 Å². The van der Waals surface area contributed by atoms with Crippen LogP contribution in [0.15, 0.2) is 12.1 Å². The van der Waals surface area contributed by atoms with Crippen LogP contribution < -0.4 is 0 Å². The van der Waals surface area contributed by atoms with Crippen LogP contribution in [0.4, 0.5) is 4.39 Å². The molecule has 0 unspecified atom stereocenters. The highest BCUT2D eigenvalue weighted by molar-refractivity contribution is 9.08. The van der Waals surface area contributed by atoms with Gasteiger partial charge < -0.3 is 4.74 Å². The lowest BCUT2D eigenvalue weighted by molar-refractivity contribution is -0.142. The molecule has 0 aliphatic rings. The SMILES string of the molecule is CCOC(=O)Cc1cc(C#N)c(F)cc1CBr. The molecule has 0 fully saturated rings. The molecule has 0 saturated heterocycles. The second-order valence-corrected chi connectivity index (χ2v) is 3.89. The second kappa shape index (κ2) is 6.36. The Balaban J connectivity index is 3.05. The van der Waals surface area contributed by atoms with E-state index >= 15 is 0 Å². The Hall–Kier alpha value is -1.41. The quantitative estimate of drug-likeness (QED) is 0.634. The van der Waals surface area contributed by atoms with Gasteiger partial charge >= 0.3 is 5.97 Å². The van der Waals surface area contributed by atoms with Crippen molar-refractivity contribution in [3.63, 3.8) is 0 Å². The van der Waals surface area contributed by atoms with Crippen molar-refractivity contribution in [3.05, 3.63) is 34.6 Å². The molecule has 0 atom stereocenters. The molecule has 1 rings (SSSR count). The summed E-state index contributed by atoms with van der Waals surface area (Å²) in [4.78, 5) is 11.4. The van der Waals surface area contributed by atoms with E-state index in [4.69, 9.17) is 10.00 Å². The molecule has 90 valence electrons. The first kappa shape index (κ1) is 13.7. The smallest absolute Gasteiger partial charge is 0.310 e. The number of halogens is 2. The van der Waals surface area contributed by atoms with Gasteiger partial charge in [-0.05, 0) is 30.2 Å². The first-order chi connectivity index (χ1) is 8.12. The molecular weight excluding hydrogens is 289 g/mol. The predicted octanol–water partition coefficient (Wildman–Crippen LogP) is 2.70. The first-order valence-electron chi connectivity index (χ1n) is 5.05.